The Hall–Kier alpha value is -2.63. The van der Waals surface area contributed by atoms with Gasteiger partial charge in [-0.1, -0.05) is 19.1 Å². The Morgan fingerprint density at radius 1 is 1.20 bits per heavy atom. The van der Waals surface area contributed by atoms with Crippen molar-refractivity contribution in [3.05, 3.63) is 41.7 Å². The molecule has 2 aromatic rings. The fraction of sp³-hybridized carbons (Fsp3) is 0.421. The molecule has 0 aliphatic rings. The number of hydrogen-bond acceptors (Lipinski definition) is 5. The maximum Gasteiger partial charge on any atom is 0.270 e. The van der Waals surface area contributed by atoms with Crippen LogP contribution in [-0.2, 0) is 0 Å². The first-order valence-electron chi connectivity index (χ1n) is 8.58. The lowest BCUT2D eigenvalue weighted by Gasteiger charge is -2.15. The highest BCUT2D eigenvalue weighted by atomic mass is 16.5. The number of carbonyl (C=O) groups is 1. The summed E-state index contributed by atoms with van der Waals surface area (Å²) in [6.45, 7) is 9.76. The normalized spacial score (nSPS) is 11.9. The third-order valence-corrected chi connectivity index (χ3v) is 3.57. The van der Waals surface area contributed by atoms with Crippen molar-refractivity contribution < 1.29 is 9.53 Å². The summed E-state index contributed by atoms with van der Waals surface area (Å²) >= 11 is 0. The van der Waals surface area contributed by atoms with Crippen LogP contribution in [0.15, 0.2) is 30.3 Å². The summed E-state index contributed by atoms with van der Waals surface area (Å²) in [6, 6.07) is 9.36. The van der Waals surface area contributed by atoms with Crippen molar-refractivity contribution in [3.63, 3.8) is 0 Å². The van der Waals surface area contributed by atoms with Gasteiger partial charge in [0.2, 0.25) is 5.95 Å². The van der Waals surface area contributed by atoms with E-state index in [2.05, 4.69) is 20.6 Å². The lowest BCUT2D eigenvalue weighted by Crippen LogP contribution is -2.32. The zero-order chi connectivity index (χ0) is 18.4. The van der Waals surface area contributed by atoms with E-state index in [0.717, 1.165) is 12.1 Å². The number of anilines is 2. The predicted octanol–water partition coefficient (Wildman–Crippen LogP) is 3.84. The Bertz CT molecular complexity index is 731. The number of nitrogens with one attached hydrogen (secondary N) is 2. The van der Waals surface area contributed by atoms with E-state index in [1.165, 1.54) is 0 Å². The molecule has 25 heavy (non-hydrogen) atoms. The molecule has 2 rings (SSSR count). The second-order valence-corrected chi connectivity index (χ2v) is 6.29. The highest BCUT2D eigenvalue weighted by Crippen LogP contribution is 2.27. The first kappa shape index (κ1) is 18.7. The molecule has 1 amide bonds. The minimum Gasteiger partial charge on any atom is -0.489 e. The lowest BCUT2D eigenvalue weighted by molar-refractivity contribution is 0.0934. The third-order valence-electron chi connectivity index (χ3n) is 3.57. The van der Waals surface area contributed by atoms with Crippen LogP contribution in [0, 0.1) is 6.92 Å². The molecule has 1 atom stereocenters. The predicted molar refractivity (Wildman–Crippen MR) is 99.5 cm³/mol. The third kappa shape index (κ3) is 5.45. The topological polar surface area (TPSA) is 76.1 Å². The molecule has 2 N–H and O–H groups in total. The average Bonchev–Trinajstić information content (AvgIpc) is 2.55. The van der Waals surface area contributed by atoms with E-state index < -0.39 is 0 Å². The number of nitrogens with zero attached hydrogens (tertiary/aromatic N) is 2. The number of aryl methyl sites for hydroxylation is 1. The minimum absolute atomic E-state index is 0.0539. The van der Waals surface area contributed by atoms with Crippen LogP contribution in [0.5, 0.6) is 5.75 Å². The summed E-state index contributed by atoms with van der Waals surface area (Å²) in [4.78, 5) is 21.0. The molecule has 0 aliphatic heterocycles. The van der Waals surface area contributed by atoms with Crippen molar-refractivity contribution in [3.8, 4) is 5.75 Å². The first-order valence-corrected chi connectivity index (χ1v) is 8.58. The molecular formula is C19H26N4O2. The summed E-state index contributed by atoms with van der Waals surface area (Å²) in [5, 5.41) is 6.07. The SMILES string of the molecule is CCC(C)NC(=O)c1cc(C)nc(Nc2ccccc2OC(C)C)n1. The van der Waals surface area contributed by atoms with Crippen LogP contribution in [-0.4, -0.2) is 28.0 Å². The molecule has 0 saturated heterocycles. The Balaban J connectivity index is 2.25. The zero-order valence-electron chi connectivity index (χ0n) is 15.5. The van der Waals surface area contributed by atoms with E-state index in [0.29, 0.717) is 23.1 Å². The second kappa shape index (κ2) is 8.46. The van der Waals surface area contributed by atoms with Crippen LogP contribution in [0.25, 0.3) is 0 Å². The highest BCUT2D eigenvalue weighted by Gasteiger charge is 2.14. The van der Waals surface area contributed by atoms with Gasteiger partial charge in [-0.05, 0) is 52.3 Å². The molecule has 1 heterocycles. The molecule has 6 nitrogen and oxygen atoms in total. The fourth-order valence-corrected chi connectivity index (χ4v) is 2.19. The maximum atomic E-state index is 12.3. The molecule has 0 bridgehead atoms. The highest BCUT2D eigenvalue weighted by molar-refractivity contribution is 5.92. The molecule has 0 aliphatic carbocycles. The van der Waals surface area contributed by atoms with Crippen molar-refractivity contribution >= 4 is 17.5 Å². The van der Waals surface area contributed by atoms with Crippen LogP contribution >= 0.6 is 0 Å². The van der Waals surface area contributed by atoms with E-state index >= 15 is 0 Å². The van der Waals surface area contributed by atoms with E-state index in [9.17, 15) is 4.79 Å². The summed E-state index contributed by atoms with van der Waals surface area (Å²) in [7, 11) is 0. The van der Waals surface area contributed by atoms with Gasteiger partial charge in [0, 0.05) is 11.7 Å². The van der Waals surface area contributed by atoms with E-state index in [1.54, 1.807) is 6.07 Å². The molecule has 0 fully saturated rings. The molecule has 0 radical (unpaired) electrons. The number of ether oxygens (including phenoxy) is 1. The van der Waals surface area contributed by atoms with Gasteiger partial charge >= 0.3 is 0 Å². The van der Waals surface area contributed by atoms with E-state index in [4.69, 9.17) is 4.74 Å². The first-order chi connectivity index (χ1) is 11.9. The van der Waals surface area contributed by atoms with Gasteiger partial charge in [0.1, 0.15) is 11.4 Å². The minimum atomic E-state index is -0.199. The van der Waals surface area contributed by atoms with E-state index in [-0.39, 0.29) is 18.1 Å². The average molecular weight is 342 g/mol. The quantitative estimate of drug-likeness (QED) is 0.799. The van der Waals surface area contributed by atoms with Gasteiger partial charge in [0.15, 0.2) is 0 Å². The van der Waals surface area contributed by atoms with Gasteiger partial charge < -0.3 is 15.4 Å². The van der Waals surface area contributed by atoms with Gasteiger partial charge in [-0.15, -0.1) is 0 Å². The van der Waals surface area contributed by atoms with Gasteiger partial charge in [-0.3, -0.25) is 4.79 Å². The Labute approximate surface area is 149 Å². The van der Waals surface area contributed by atoms with Gasteiger partial charge in [-0.2, -0.15) is 0 Å². The van der Waals surface area contributed by atoms with Crippen molar-refractivity contribution in [2.75, 3.05) is 5.32 Å². The van der Waals surface area contributed by atoms with Crippen molar-refractivity contribution in [2.45, 2.75) is 53.2 Å². The summed E-state index contributed by atoms with van der Waals surface area (Å²) in [6.07, 6.45) is 0.916. The second-order valence-electron chi connectivity index (χ2n) is 6.29. The molecule has 0 saturated carbocycles. The summed E-state index contributed by atoms with van der Waals surface area (Å²) in [5.41, 5.74) is 1.82. The lowest BCUT2D eigenvalue weighted by atomic mass is 10.2. The fourth-order valence-electron chi connectivity index (χ4n) is 2.19. The summed E-state index contributed by atoms with van der Waals surface area (Å²) < 4.78 is 5.80. The molecule has 1 aromatic heterocycles. The van der Waals surface area contributed by atoms with Gasteiger partial charge in [0.05, 0.1) is 11.8 Å². The number of aromatic nitrogens is 2. The van der Waals surface area contributed by atoms with Crippen LogP contribution in [0.3, 0.4) is 0 Å². The molecule has 134 valence electrons. The van der Waals surface area contributed by atoms with Crippen molar-refractivity contribution in [2.24, 2.45) is 0 Å². The van der Waals surface area contributed by atoms with Gasteiger partial charge in [0.25, 0.3) is 5.91 Å². The molecule has 0 spiro atoms. The van der Waals surface area contributed by atoms with Gasteiger partial charge in [-0.25, -0.2) is 9.97 Å². The number of amides is 1. The zero-order valence-corrected chi connectivity index (χ0v) is 15.5. The van der Waals surface area contributed by atoms with Crippen molar-refractivity contribution in [1.82, 2.24) is 15.3 Å². The Morgan fingerprint density at radius 2 is 1.92 bits per heavy atom. The number of benzene rings is 1. The number of hydrogen-bond donors (Lipinski definition) is 2. The summed E-state index contributed by atoms with van der Waals surface area (Å²) in [5.74, 6) is 0.886. The maximum absolute atomic E-state index is 12.3. The van der Waals surface area contributed by atoms with Crippen LogP contribution in [0.2, 0.25) is 0 Å². The van der Waals surface area contributed by atoms with Crippen LogP contribution in [0.4, 0.5) is 11.6 Å². The number of para-hydroxylation sites is 2. The molecular weight excluding hydrogens is 316 g/mol. The van der Waals surface area contributed by atoms with E-state index in [1.807, 2.05) is 58.9 Å². The Kier molecular flexibility index (Phi) is 6.33. The largest absolute Gasteiger partial charge is 0.489 e. The standard InChI is InChI=1S/C19H26N4O2/c1-6-13(4)20-18(24)16-11-14(5)21-19(23-16)22-15-9-7-8-10-17(15)25-12(2)3/h7-13H,6H2,1-5H3,(H,20,24)(H,21,22,23). The molecule has 6 heteroatoms. The monoisotopic (exact) mass is 342 g/mol. The molecule has 1 unspecified atom stereocenters. The van der Waals surface area contributed by atoms with Crippen molar-refractivity contribution in [1.29, 1.82) is 0 Å². The smallest absolute Gasteiger partial charge is 0.270 e. The Morgan fingerprint density at radius 3 is 2.60 bits per heavy atom. The van der Waals surface area contributed by atoms with Crippen LogP contribution < -0.4 is 15.4 Å². The number of carbonyl (C=O) groups excluding carboxylic acids is 1. The number of rotatable bonds is 7. The molecule has 1 aromatic carbocycles. The van der Waals surface area contributed by atoms with Crippen LogP contribution in [0.1, 0.15) is 50.3 Å².